The van der Waals surface area contributed by atoms with E-state index in [1.165, 1.54) is 0 Å². The second-order valence-corrected chi connectivity index (χ2v) is 5.92. The van der Waals surface area contributed by atoms with Crippen LogP contribution in [-0.2, 0) is 17.9 Å². The van der Waals surface area contributed by atoms with Gasteiger partial charge in [0.1, 0.15) is 12.4 Å². The van der Waals surface area contributed by atoms with Crippen molar-refractivity contribution in [3.8, 4) is 11.3 Å². The molecule has 2 aromatic heterocycles. The van der Waals surface area contributed by atoms with Gasteiger partial charge >= 0.3 is 0 Å². The number of nitrogens with one attached hydrogen (secondary N) is 1. The lowest BCUT2D eigenvalue weighted by Gasteiger charge is -2.26. The van der Waals surface area contributed by atoms with Crippen molar-refractivity contribution in [1.82, 2.24) is 19.9 Å². The van der Waals surface area contributed by atoms with Gasteiger partial charge in [-0.05, 0) is 17.7 Å². The topological polar surface area (TPSA) is 69.0 Å². The Balaban J connectivity index is 1.44. The third-order valence-corrected chi connectivity index (χ3v) is 4.26. The summed E-state index contributed by atoms with van der Waals surface area (Å²) in [5.41, 5.74) is 2.75. The van der Waals surface area contributed by atoms with E-state index in [-0.39, 0.29) is 12.0 Å². The van der Waals surface area contributed by atoms with Crippen LogP contribution >= 0.6 is 0 Å². The number of hydrogen-bond acceptors (Lipinski definition) is 4. The summed E-state index contributed by atoms with van der Waals surface area (Å²) in [7, 11) is 0. The zero-order chi connectivity index (χ0) is 17.1. The molecule has 0 saturated heterocycles. The summed E-state index contributed by atoms with van der Waals surface area (Å²) < 4.78 is 7.99. The van der Waals surface area contributed by atoms with Crippen molar-refractivity contribution in [1.29, 1.82) is 0 Å². The van der Waals surface area contributed by atoms with Crippen LogP contribution in [-0.4, -0.2) is 33.1 Å². The van der Waals surface area contributed by atoms with Crippen LogP contribution in [0.4, 0.5) is 0 Å². The Labute approximate surface area is 145 Å². The van der Waals surface area contributed by atoms with Gasteiger partial charge in [0.2, 0.25) is 0 Å². The fraction of sp³-hybridized carbons (Fsp3) is 0.211. The molecular weight excluding hydrogens is 316 g/mol. The molecule has 1 aliphatic heterocycles. The number of aromatic nitrogens is 3. The maximum Gasteiger partial charge on any atom is 0.252 e. The molecule has 1 amide bonds. The molecule has 1 N–H and O–H groups in total. The van der Waals surface area contributed by atoms with Crippen molar-refractivity contribution in [2.24, 2.45) is 0 Å². The Kier molecular flexibility index (Phi) is 4.26. The molecule has 0 spiro atoms. The second-order valence-electron chi connectivity index (χ2n) is 5.92. The summed E-state index contributed by atoms with van der Waals surface area (Å²) >= 11 is 0. The highest BCUT2D eigenvalue weighted by molar-refractivity contribution is 5.93. The fourth-order valence-corrected chi connectivity index (χ4v) is 2.95. The van der Waals surface area contributed by atoms with Gasteiger partial charge in [0.25, 0.3) is 5.91 Å². The molecule has 6 heteroatoms. The Morgan fingerprint density at radius 3 is 2.88 bits per heavy atom. The van der Waals surface area contributed by atoms with Crippen molar-refractivity contribution in [3.63, 3.8) is 0 Å². The number of carbonyl (C=O) groups excluding carboxylic acids is 1. The number of amides is 1. The summed E-state index contributed by atoms with van der Waals surface area (Å²) in [6, 6.07) is 13.6. The number of imidazole rings is 1. The van der Waals surface area contributed by atoms with Gasteiger partial charge in [-0.3, -0.25) is 9.78 Å². The molecule has 4 rings (SSSR count). The lowest BCUT2D eigenvalue weighted by molar-refractivity contribution is 0.00374. The lowest BCUT2D eigenvalue weighted by atomic mass is 10.1. The molecule has 0 fully saturated rings. The quantitative estimate of drug-likeness (QED) is 0.795. The standard InChI is InChI=1S/C19H18N4O2/c24-19(15-7-4-8-20-9-15)22-10-16-12-23-17(11-21-18(23)13-25-16)14-5-2-1-3-6-14/h1-9,11,16H,10,12-13H2,(H,22,24)/t16-/m0/s1. The van der Waals surface area contributed by atoms with E-state index in [1.807, 2.05) is 24.4 Å². The number of fused-ring (bicyclic) bond motifs is 1. The van der Waals surface area contributed by atoms with Gasteiger partial charge in [0.15, 0.2) is 0 Å². The Morgan fingerprint density at radius 1 is 1.20 bits per heavy atom. The largest absolute Gasteiger partial charge is 0.367 e. The van der Waals surface area contributed by atoms with E-state index in [0.717, 1.165) is 17.1 Å². The van der Waals surface area contributed by atoms with Crippen LogP contribution in [0.2, 0.25) is 0 Å². The summed E-state index contributed by atoms with van der Waals surface area (Å²) in [5.74, 6) is 0.769. The van der Waals surface area contributed by atoms with E-state index in [4.69, 9.17) is 4.74 Å². The zero-order valence-corrected chi connectivity index (χ0v) is 13.6. The molecule has 3 aromatic rings. The number of benzene rings is 1. The first-order valence-corrected chi connectivity index (χ1v) is 8.21. The van der Waals surface area contributed by atoms with Gasteiger partial charge in [-0.15, -0.1) is 0 Å². The molecule has 0 radical (unpaired) electrons. The molecular formula is C19H18N4O2. The minimum absolute atomic E-state index is 0.0928. The van der Waals surface area contributed by atoms with Crippen molar-refractivity contribution < 1.29 is 9.53 Å². The van der Waals surface area contributed by atoms with Gasteiger partial charge < -0.3 is 14.6 Å². The Bertz CT molecular complexity index is 862. The zero-order valence-electron chi connectivity index (χ0n) is 13.6. The van der Waals surface area contributed by atoms with Crippen molar-refractivity contribution in [3.05, 3.63) is 72.4 Å². The average molecular weight is 334 g/mol. The smallest absolute Gasteiger partial charge is 0.252 e. The van der Waals surface area contributed by atoms with Crippen molar-refractivity contribution in [2.75, 3.05) is 6.54 Å². The summed E-state index contributed by atoms with van der Waals surface area (Å²) in [6.45, 7) is 1.55. The van der Waals surface area contributed by atoms with E-state index < -0.39 is 0 Å². The first-order chi connectivity index (χ1) is 12.3. The number of rotatable bonds is 4. The lowest BCUT2D eigenvalue weighted by Crippen LogP contribution is -2.39. The molecule has 0 aliphatic carbocycles. The van der Waals surface area contributed by atoms with Crippen LogP contribution in [0.5, 0.6) is 0 Å². The van der Waals surface area contributed by atoms with Crippen molar-refractivity contribution >= 4 is 5.91 Å². The van der Waals surface area contributed by atoms with Gasteiger partial charge in [-0.2, -0.15) is 0 Å². The maximum absolute atomic E-state index is 12.1. The minimum Gasteiger partial charge on any atom is -0.367 e. The van der Waals surface area contributed by atoms with Crippen LogP contribution in [0.1, 0.15) is 16.2 Å². The normalized spacial score (nSPS) is 16.2. The number of carbonyl (C=O) groups is 1. The molecule has 1 atom stereocenters. The summed E-state index contributed by atoms with van der Waals surface area (Å²) in [4.78, 5) is 20.6. The molecule has 6 nitrogen and oxygen atoms in total. The summed E-state index contributed by atoms with van der Waals surface area (Å²) in [5, 5.41) is 2.91. The number of pyridine rings is 1. The van der Waals surface area contributed by atoms with Crippen LogP contribution in [0.15, 0.2) is 61.1 Å². The predicted octanol–water partition coefficient (Wildman–Crippen LogP) is 2.27. The van der Waals surface area contributed by atoms with E-state index in [0.29, 0.717) is 25.3 Å². The van der Waals surface area contributed by atoms with Gasteiger partial charge in [-0.1, -0.05) is 30.3 Å². The number of nitrogens with zero attached hydrogens (tertiary/aromatic N) is 3. The van der Waals surface area contributed by atoms with Gasteiger partial charge in [0.05, 0.1) is 30.1 Å². The molecule has 0 saturated carbocycles. The molecule has 3 heterocycles. The molecule has 126 valence electrons. The third kappa shape index (κ3) is 3.29. The van der Waals surface area contributed by atoms with E-state index in [9.17, 15) is 4.79 Å². The summed E-state index contributed by atoms with van der Waals surface area (Å²) in [6.07, 6.45) is 4.99. The SMILES string of the molecule is O=C(NC[C@H]1Cn2c(-c3ccccc3)cnc2CO1)c1cccnc1. The average Bonchev–Trinajstić information content (AvgIpc) is 3.10. The molecule has 0 unspecified atom stereocenters. The highest BCUT2D eigenvalue weighted by Gasteiger charge is 2.23. The molecule has 0 bridgehead atoms. The Hall–Kier alpha value is -2.99. The van der Waals surface area contributed by atoms with Crippen LogP contribution < -0.4 is 5.32 Å². The van der Waals surface area contributed by atoms with E-state index in [2.05, 4.69) is 32.0 Å². The highest BCUT2D eigenvalue weighted by Crippen LogP contribution is 2.24. The van der Waals surface area contributed by atoms with Gasteiger partial charge in [-0.25, -0.2) is 4.98 Å². The number of ether oxygens (including phenoxy) is 1. The third-order valence-electron chi connectivity index (χ3n) is 4.26. The fourth-order valence-electron chi connectivity index (χ4n) is 2.95. The van der Waals surface area contributed by atoms with E-state index in [1.54, 1.807) is 24.5 Å². The van der Waals surface area contributed by atoms with Crippen molar-refractivity contribution in [2.45, 2.75) is 19.3 Å². The maximum atomic E-state index is 12.1. The minimum atomic E-state index is -0.142. The van der Waals surface area contributed by atoms with Crippen LogP contribution in [0.25, 0.3) is 11.3 Å². The van der Waals surface area contributed by atoms with Crippen LogP contribution in [0, 0.1) is 0 Å². The van der Waals surface area contributed by atoms with E-state index >= 15 is 0 Å². The first kappa shape index (κ1) is 15.5. The molecule has 25 heavy (non-hydrogen) atoms. The predicted molar refractivity (Wildman–Crippen MR) is 92.8 cm³/mol. The molecule has 1 aliphatic rings. The number of hydrogen-bond donors (Lipinski definition) is 1. The second kappa shape index (κ2) is 6.86. The van der Waals surface area contributed by atoms with Crippen LogP contribution in [0.3, 0.4) is 0 Å². The highest BCUT2D eigenvalue weighted by atomic mass is 16.5. The Morgan fingerprint density at radius 2 is 2.08 bits per heavy atom. The van der Waals surface area contributed by atoms with Gasteiger partial charge in [0, 0.05) is 18.9 Å². The monoisotopic (exact) mass is 334 g/mol. The first-order valence-electron chi connectivity index (χ1n) is 8.21. The molecule has 1 aromatic carbocycles.